The van der Waals surface area contributed by atoms with Gasteiger partial charge < -0.3 is 10.8 Å². The summed E-state index contributed by atoms with van der Waals surface area (Å²) in [6.07, 6.45) is 0. The van der Waals surface area contributed by atoms with Gasteiger partial charge in [-0.2, -0.15) is 0 Å². The molecule has 1 aromatic rings. The molecule has 1 aromatic heterocycles. The Balaban J connectivity index is 1.84. The van der Waals surface area contributed by atoms with Crippen LogP contribution < -0.4 is 11.3 Å². The van der Waals surface area contributed by atoms with E-state index in [2.05, 4.69) is 15.4 Å². The van der Waals surface area contributed by atoms with Gasteiger partial charge in [-0.3, -0.25) is 14.5 Å². The van der Waals surface area contributed by atoms with Crippen LogP contribution in [-0.4, -0.2) is 60.2 Å². The number of nitrogens with one attached hydrogen (secondary N) is 2. The second kappa shape index (κ2) is 5.24. The molecule has 0 aliphatic carbocycles. The minimum absolute atomic E-state index is 0.0232. The van der Waals surface area contributed by atoms with Crippen molar-refractivity contribution in [1.29, 1.82) is 0 Å². The zero-order valence-corrected chi connectivity index (χ0v) is 12.2. The number of nitrogens with zero attached hydrogens (tertiary/aromatic N) is 2. The van der Waals surface area contributed by atoms with E-state index in [1.165, 1.54) is 16.7 Å². The van der Waals surface area contributed by atoms with E-state index in [1.807, 2.05) is 0 Å². The highest BCUT2D eigenvalue weighted by Crippen LogP contribution is 2.40. The minimum Gasteiger partial charge on any atom is -0.477 e. The number of nitrogens with two attached hydrogens (primary N) is 1. The van der Waals surface area contributed by atoms with Crippen LogP contribution in [0.4, 0.5) is 0 Å². The van der Waals surface area contributed by atoms with Crippen molar-refractivity contribution in [3.63, 3.8) is 0 Å². The van der Waals surface area contributed by atoms with E-state index in [-0.39, 0.29) is 33.3 Å². The number of thioether (sulfide) groups is 2. The van der Waals surface area contributed by atoms with Crippen LogP contribution in [0.15, 0.2) is 21.1 Å². The van der Waals surface area contributed by atoms with Crippen LogP contribution in [0.5, 0.6) is 0 Å². The fourth-order valence-corrected chi connectivity index (χ4v) is 4.44. The molecule has 2 aliphatic heterocycles. The second-order valence-electron chi connectivity index (χ2n) is 4.46. The lowest BCUT2D eigenvalue weighted by molar-refractivity contribution is -0.147. The zero-order chi connectivity index (χ0) is 15.1. The first-order chi connectivity index (χ1) is 10.0. The Morgan fingerprint density at radius 2 is 2.33 bits per heavy atom. The van der Waals surface area contributed by atoms with Crippen molar-refractivity contribution in [2.24, 2.45) is 5.73 Å². The summed E-state index contributed by atoms with van der Waals surface area (Å²) in [5.74, 6) is -0.815. The molecular formula is C10H11N5O4S2. The quantitative estimate of drug-likeness (QED) is 0.397. The SMILES string of the molecule is NC1C(=O)N2C(C(=O)O)=C(CSc3n[nH][nH]c3=O)CS[C@@H]12. The number of H-pyrrole nitrogens is 2. The number of aromatic amines is 2. The Bertz CT molecular complexity index is 696. The highest BCUT2D eigenvalue weighted by atomic mass is 32.2. The summed E-state index contributed by atoms with van der Waals surface area (Å²) in [5.41, 5.74) is 5.86. The fourth-order valence-electron chi connectivity index (χ4n) is 2.18. The van der Waals surface area contributed by atoms with Gasteiger partial charge >= 0.3 is 5.97 Å². The van der Waals surface area contributed by atoms with Gasteiger partial charge in [-0.05, 0) is 5.57 Å². The Morgan fingerprint density at radius 1 is 1.57 bits per heavy atom. The lowest BCUT2D eigenvalue weighted by atomic mass is 10.0. The molecule has 2 atom stereocenters. The molecule has 1 saturated heterocycles. The third kappa shape index (κ3) is 2.26. The molecule has 11 heteroatoms. The number of carboxylic acid groups (broad SMARTS) is 1. The van der Waals surface area contributed by atoms with Crippen molar-refractivity contribution in [2.75, 3.05) is 11.5 Å². The predicted molar refractivity (Wildman–Crippen MR) is 75.7 cm³/mol. The van der Waals surface area contributed by atoms with E-state index < -0.39 is 12.0 Å². The number of hydrogen-bond donors (Lipinski definition) is 4. The van der Waals surface area contributed by atoms with Crippen LogP contribution in [0.25, 0.3) is 0 Å². The standard InChI is InChI=1S/C10H11N5O4S2/c11-4-8(17)15-5(10(18)19)3(2-21-9(4)15)1-20-7-6(16)12-14-13-7/h4,9H,1-2,11H2,(H,18,19)(H2,12,13,14,16)/t4?,9-/m0/s1. The monoisotopic (exact) mass is 329 g/mol. The largest absolute Gasteiger partial charge is 0.477 e. The van der Waals surface area contributed by atoms with Gasteiger partial charge in [0.25, 0.3) is 5.56 Å². The summed E-state index contributed by atoms with van der Waals surface area (Å²) >= 11 is 2.55. The van der Waals surface area contributed by atoms with E-state index >= 15 is 0 Å². The number of amides is 1. The number of fused-ring (bicyclic) bond motifs is 1. The van der Waals surface area contributed by atoms with Crippen molar-refractivity contribution in [3.05, 3.63) is 21.6 Å². The molecule has 9 nitrogen and oxygen atoms in total. The minimum atomic E-state index is -1.16. The van der Waals surface area contributed by atoms with Gasteiger partial charge in [0, 0.05) is 11.5 Å². The number of hydrogen-bond acceptors (Lipinski definition) is 7. The highest BCUT2D eigenvalue weighted by Gasteiger charge is 2.51. The molecule has 0 spiro atoms. The maximum absolute atomic E-state index is 11.8. The van der Waals surface area contributed by atoms with Crippen molar-refractivity contribution in [3.8, 4) is 0 Å². The van der Waals surface area contributed by atoms with Gasteiger partial charge in [-0.15, -0.1) is 16.9 Å². The second-order valence-corrected chi connectivity index (χ2v) is 6.53. The number of carboxylic acids is 1. The third-order valence-electron chi connectivity index (χ3n) is 3.20. The molecule has 5 N–H and O–H groups in total. The molecule has 1 unspecified atom stereocenters. The van der Waals surface area contributed by atoms with Gasteiger partial charge in [-0.25, -0.2) is 15.1 Å². The van der Waals surface area contributed by atoms with Crippen LogP contribution in [0.1, 0.15) is 0 Å². The molecule has 1 amide bonds. The van der Waals surface area contributed by atoms with Crippen LogP contribution in [0, 0.1) is 0 Å². The first kappa shape index (κ1) is 14.2. The summed E-state index contributed by atoms with van der Waals surface area (Å²) in [5, 5.41) is 17.6. The normalized spacial score (nSPS) is 24.8. The van der Waals surface area contributed by atoms with Gasteiger partial charge in [0.2, 0.25) is 5.91 Å². The van der Waals surface area contributed by atoms with E-state index in [1.54, 1.807) is 0 Å². The van der Waals surface area contributed by atoms with E-state index in [0.29, 0.717) is 11.3 Å². The van der Waals surface area contributed by atoms with Crippen LogP contribution in [0.3, 0.4) is 0 Å². The molecule has 0 bridgehead atoms. The van der Waals surface area contributed by atoms with Gasteiger partial charge in [0.15, 0.2) is 5.03 Å². The lowest BCUT2D eigenvalue weighted by Crippen LogP contribution is -2.68. The number of aliphatic carboxylic acids is 1. The predicted octanol–water partition coefficient (Wildman–Crippen LogP) is -1.23. The van der Waals surface area contributed by atoms with Crippen LogP contribution in [-0.2, 0) is 9.59 Å². The Hall–Kier alpha value is -1.72. The summed E-state index contributed by atoms with van der Waals surface area (Å²) in [6, 6.07) is -0.646. The summed E-state index contributed by atoms with van der Waals surface area (Å²) < 4.78 is 0. The topological polar surface area (TPSA) is 145 Å². The highest BCUT2D eigenvalue weighted by molar-refractivity contribution is 8.01. The Kier molecular flexibility index (Phi) is 3.55. The van der Waals surface area contributed by atoms with Gasteiger partial charge in [0.05, 0.1) is 0 Å². The van der Waals surface area contributed by atoms with Crippen molar-refractivity contribution in [1.82, 2.24) is 20.3 Å². The van der Waals surface area contributed by atoms with Crippen LogP contribution >= 0.6 is 23.5 Å². The van der Waals surface area contributed by atoms with Crippen LogP contribution in [0.2, 0.25) is 0 Å². The molecular weight excluding hydrogens is 318 g/mol. The number of rotatable bonds is 4. The zero-order valence-electron chi connectivity index (χ0n) is 10.5. The molecule has 3 heterocycles. The number of carbonyl (C=O) groups excluding carboxylic acids is 1. The average Bonchev–Trinajstić information content (AvgIpc) is 2.88. The Labute approximate surface area is 126 Å². The molecule has 3 rings (SSSR count). The van der Waals surface area contributed by atoms with E-state index in [9.17, 15) is 19.5 Å². The summed E-state index contributed by atoms with van der Waals surface area (Å²) in [4.78, 5) is 35.8. The molecule has 0 radical (unpaired) electrons. The van der Waals surface area contributed by atoms with Crippen molar-refractivity contribution >= 4 is 35.4 Å². The molecule has 1 fully saturated rings. The number of aromatic nitrogens is 3. The van der Waals surface area contributed by atoms with Crippen molar-refractivity contribution < 1.29 is 14.7 Å². The first-order valence-electron chi connectivity index (χ1n) is 5.92. The molecule has 112 valence electrons. The van der Waals surface area contributed by atoms with Gasteiger partial charge in [-0.1, -0.05) is 11.8 Å². The smallest absolute Gasteiger partial charge is 0.352 e. The molecule has 2 aliphatic rings. The third-order valence-corrected chi connectivity index (χ3v) is 5.60. The summed E-state index contributed by atoms with van der Waals surface area (Å²) in [7, 11) is 0. The lowest BCUT2D eigenvalue weighted by Gasteiger charge is -2.48. The first-order valence-corrected chi connectivity index (χ1v) is 7.95. The fraction of sp³-hybridized carbons (Fsp3) is 0.400. The maximum Gasteiger partial charge on any atom is 0.352 e. The van der Waals surface area contributed by atoms with E-state index in [4.69, 9.17) is 5.73 Å². The number of carbonyl (C=O) groups is 2. The molecule has 21 heavy (non-hydrogen) atoms. The number of β-lactam (4-membered cyclic amide) rings is 1. The Morgan fingerprint density at radius 3 is 2.95 bits per heavy atom. The maximum atomic E-state index is 11.8. The van der Waals surface area contributed by atoms with Crippen molar-refractivity contribution in [2.45, 2.75) is 16.4 Å². The molecule has 0 aromatic carbocycles. The van der Waals surface area contributed by atoms with Gasteiger partial charge in [0.1, 0.15) is 17.1 Å². The summed E-state index contributed by atoms with van der Waals surface area (Å²) in [6.45, 7) is 0. The molecule has 0 saturated carbocycles. The van der Waals surface area contributed by atoms with E-state index in [0.717, 1.165) is 11.8 Å². The average molecular weight is 329 g/mol.